The van der Waals surface area contributed by atoms with Gasteiger partial charge in [0.2, 0.25) is 0 Å². The number of benzene rings is 1. The van der Waals surface area contributed by atoms with E-state index in [0.29, 0.717) is 17.2 Å². The Hall–Kier alpha value is -1.82. The molecule has 2 rings (SSSR count). The second kappa shape index (κ2) is 3.97. The Labute approximate surface area is 90.7 Å². The van der Waals surface area contributed by atoms with Gasteiger partial charge in [0, 0.05) is 12.6 Å². The quantitative estimate of drug-likeness (QED) is 0.834. The zero-order valence-electron chi connectivity index (χ0n) is 8.61. The lowest BCUT2D eigenvalue weighted by Crippen LogP contribution is -2.05. The molecule has 0 aliphatic carbocycles. The molecule has 16 heavy (non-hydrogen) atoms. The molecule has 0 aliphatic heterocycles. The molecule has 4 nitrogen and oxygen atoms in total. The van der Waals surface area contributed by atoms with E-state index in [0.717, 1.165) is 12.1 Å². The first kappa shape index (κ1) is 10.7. The SMILES string of the molecule is Cn1c(CN)nnc1-c1ccc(F)c(F)c1. The van der Waals surface area contributed by atoms with Crippen molar-refractivity contribution in [2.75, 3.05) is 0 Å². The first-order chi connectivity index (χ1) is 7.63. The molecule has 1 aromatic carbocycles. The van der Waals surface area contributed by atoms with Crippen molar-refractivity contribution in [3.05, 3.63) is 35.7 Å². The summed E-state index contributed by atoms with van der Waals surface area (Å²) in [6.07, 6.45) is 0. The second-order valence-corrected chi connectivity index (χ2v) is 3.33. The van der Waals surface area contributed by atoms with Crippen molar-refractivity contribution in [3.63, 3.8) is 0 Å². The van der Waals surface area contributed by atoms with Crippen LogP contribution in [0, 0.1) is 11.6 Å². The smallest absolute Gasteiger partial charge is 0.163 e. The summed E-state index contributed by atoms with van der Waals surface area (Å²) >= 11 is 0. The number of hydrogen-bond acceptors (Lipinski definition) is 3. The van der Waals surface area contributed by atoms with Gasteiger partial charge in [-0.05, 0) is 18.2 Å². The number of halogens is 2. The highest BCUT2D eigenvalue weighted by Gasteiger charge is 2.11. The molecule has 0 amide bonds. The summed E-state index contributed by atoms with van der Waals surface area (Å²) in [5.41, 5.74) is 5.90. The van der Waals surface area contributed by atoms with Crippen LogP contribution in [0.2, 0.25) is 0 Å². The summed E-state index contributed by atoms with van der Waals surface area (Å²) in [4.78, 5) is 0. The van der Waals surface area contributed by atoms with Crippen LogP contribution in [-0.2, 0) is 13.6 Å². The van der Waals surface area contributed by atoms with Crippen molar-refractivity contribution in [3.8, 4) is 11.4 Å². The lowest BCUT2D eigenvalue weighted by molar-refractivity contribution is 0.509. The van der Waals surface area contributed by atoms with E-state index in [-0.39, 0.29) is 6.54 Å². The van der Waals surface area contributed by atoms with Gasteiger partial charge in [-0.1, -0.05) is 0 Å². The van der Waals surface area contributed by atoms with Crippen LogP contribution in [-0.4, -0.2) is 14.8 Å². The minimum absolute atomic E-state index is 0.243. The lowest BCUT2D eigenvalue weighted by atomic mass is 10.2. The molecule has 84 valence electrons. The van der Waals surface area contributed by atoms with Gasteiger partial charge in [0.25, 0.3) is 0 Å². The van der Waals surface area contributed by atoms with E-state index < -0.39 is 11.6 Å². The van der Waals surface area contributed by atoms with Gasteiger partial charge >= 0.3 is 0 Å². The normalized spacial score (nSPS) is 10.8. The first-order valence-electron chi connectivity index (χ1n) is 4.67. The third kappa shape index (κ3) is 1.67. The van der Waals surface area contributed by atoms with Gasteiger partial charge in [-0.3, -0.25) is 0 Å². The van der Waals surface area contributed by atoms with Gasteiger partial charge in [0.05, 0.1) is 6.54 Å². The molecule has 2 aromatic rings. The van der Waals surface area contributed by atoms with E-state index in [1.165, 1.54) is 6.07 Å². The van der Waals surface area contributed by atoms with Crippen molar-refractivity contribution in [1.29, 1.82) is 0 Å². The highest BCUT2D eigenvalue weighted by molar-refractivity contribution is 5.55. The largest absolute Gasteiger partial charge is 0.324 e. The van der Waals surface area contributed by atoms with Gasteiger partial charge < -0.3 is 10.3 Å². The topological polar surface area (TPSA) is 56.7 Å². The molecule has 2 N–H and O–H groups in total. The van der Waals surface area contributed by atoms with E-state index in [2.05, 4.69) is 10.2 Å². The van der Waals surface area contributed by atoms with Gasteiger partial charge in [0.15, 0.2) is 17.5 Å². The summed E-state index contributed by atoms with van der Waals surface area (Å²) in [7, 11) is 1.72. The predicted octanol–water partition coefficient (Wildman–Crippen LogP) is 1.22. The fourth-order valence-electron chi connectivity index (χ4n) is 1.43. The Morgan fingerprint density at radius 2 is 2.00 bits per heavy atom. The monoisotopic (exact) mass is 224 g/mol. The maximum Gasteiger partial charge on any atom is 0.163 e. The second-order valence-electron chi connectivity index (χ2n) is 3.33. The minimum Gasteiger partial charge on any atom is -0.324 e. The average Bonchev–Trinajstić information content (AvgIpc) is 2.64. The van der Waals surface area contributed by atoms with Crippen LogP contribution in [0.15, 0.2) is 18.2 Å². The van der Waals surface area contributed by atoms with E-state index in [1.54, 1.807) is 11.6 Å². The van der Waals surface area contributed by atoms with Gasteiger partial charge in [-0.25, -0.2) is 8.78 Å². The standard InChI is InChI=1S/C10H10F2N4/c1-16-9(5-13)14-15-10(16)6-2-3-7(11)8(12)4-6/h2-4H,5,13H2,1H3. The summed E-state index contributed by atoms with van der Waals surface area (Å²) in [6.45, 7) is 0.243. The number of hydrogen-bond donors (Lipinski definition) is 1. The number of nitrogens with two attached hydrogens (primary N) is 1. The average molecular weight is 224 g/mol. The lowest BCUT2D eigenvalue weighted by Gasteiger charge is -2.02. The van der Waals surface area contributed by atoms with E-state index >= 15 is 0 Å². The fourth-order valence-corrected chi connectivity index (χ4v) is 1.43. The van der Waals surface area contributed by atoms with E-state index in [4.69, 9.17) is 5.73 Å². The third-order valence-corrected chi connectivity index (χ3v) is 2.33. The predicted molar refractivity (Wildman–Crippen MR) is 54.2 cm³/mol. The molecule has 0 saturated heterocycles. The maximum atomic E-state index is 13.0. The van der Waals surface area contributed by atoms with Gasteiger partial charge in [-0.2, -0.15) is 0 Å². The first-order valence-corrected chi connectivity index (χ1v) is 4.67. The molecule has 0 fully saturated rings. The Bertz CT molecular complexity index is 522. The molecule has 0 aliphatic rings. The summed E-state index contributed by atoms with van der Waals surface area (Å²) in [5, 5.41) is 7.71. The molecule has 0 saturated carbocycles. The molecule has 1 heterocycles. The van der Waals surface area contributed by atoms with Crippen LogP contribution in [0.5, 0.6) is 0 Å². The molecule has 0 bridgehead atoms. The molecule has 0 radical (unpaired) electrons. The molecule has 0 unspecified atom stereocenters. The molecule has 1 aromatic heterocycles. The minimum atomic E-state index is -0.908. The number of nitrogens with zero attached hydrogens (tertiary/aromatic N) is 3. The summed E-state index contributed by atoms with van der Waals surface area (Å²) in [6, 6.07) is 3.59. The van der Waals surface area contributed by atoms with E-state index in [9.17, 15) is 8.78 Å². The fraction of sp³-hybridized carbons (Fsp3) is 0.200. The zero-order chi connectivity index (χ0) is 11.7. The van der Waals surface area contributed by atoms with Crippen molar-refractivity contribution >= 4 is 0 Å². The highest BCUT2D eigenvalue weighted by atomic mass is 19.2. The Balaban J connectivity index is 2.50. The van der Waals surface area contributed by atoms with Crippen molar-refractivity contribution in [2.45, 2.75) is 6.54 Å². The van der Waals surface area contributed by atoms with Gasteiger partial charge in [-0.15, -0.1) is 10.2 Å². The van der Waals surface area contributed by atoms with Crippen LogP contribution in [0.4, 0.5) is 8.78 Å². The maximum absolute atomic E-state index is 13.0. The Morgan fingerprint density at radius 1 is 1.25 bits per heavy atom. The molecule has 0 spiro atoms. The Morgan fingerprint density at radius 3 is 2.56 bits per heavy atom. The van der Waals surface area contributed by atoms with Crippen LogP contribution in [0.25, 0.3) is 11.4 Å². The summed E-state index contributed by atoms with van der Waals surface area (Å²) < 4.78 is 27.4. The molecule has 6 heteroatoms. The Kier molecular flexibility index (Phi) is 2.66. The summed E-state index contributed by atoms with van der Waals surface area (Å²) in [5.74, 6) is -0.751. The van der Waals surface area contributed by atoms with E-state index in [1.807, 2.05) is 0 Å². The molecule has 0 atom stereocenters. The van der Waals surface area contributed by atoms with Crippen LogP contribution < -0.4 is 5.73 Å². The van der Waals surface area contributed by atoms with Crippen molar-refractivity contribution in [2.24, 2.45) is 12.8 Å². The highest BCUT2D eigenvalue weighted by Crippen LogP contribution is 2.19. The molecular formula is C10H10F2N4. The zero-order valence-corrected chi connectivity index (χ0v) is 8.61. The van der Waals surface area contributed by atoms with Crippen LogP contribution in [0.3, 0.4) is 0 Å². The number of rotatable bonds is 2. The number of aromatic nitrogens is 3. The third-order valence-electron chi connectivity index (χ3n) is 2.33. The van der Waals surface area contributed by atoms with Crippen LogP contribution in [0.1, 0.15) is 5.82 Å². The van der Waals surface area contributed by atoms with Gasteiger partial charge in [0.1, 0.15) is 5.82 Å². The molecular weight excluding hydrogens is 214 g/mol. The van der Waals surface area contributed by atoms with Crippen molar-refractivity contribution in [1.82, 2.24) is 14.8 Å². The van der Waals surface area contributed by atoms with Crippen molar-refractivity contribution < 1.29 is 8.78 Å². The van der Waals surface area contributed by atoms with Crippen LogP contribution >= 0.6 is 0 Å².